The van der Waals surface area contributed by atoms with Gasteiger partial charge in [-0.25, -0.2) is 9.48 Å². The predicted molar refractivity (Wildman–Crippen MR) is 92.7 cm³/mol. The van der Waals surface area contributed by atoms with Crippen molar-refractivity contribution in [2.24, 2.45) is 5.73 Å². The van der Waals surface area contributed by atoms with Crippen LogP contribution in [0, 0.1) is 0 Å². The van der Waals surface area contributed by atoms with E-state index in [2.05, 4.69) is 15.0 Å². The number of carbonyl (C=O) groups excluding carboxylic acids is 3. The highest BCUT2D eigenvalue weighted by molar-refractivity contribution is 6.12. The minimum Gasteiger partial charge on any atom is -0.447 e. The Morgan fingerprint density at radius 1 is 0.929 bits per heavy atom. The van der Waals surface area contributed by atoms with E-state index in [4.69, 9.17) is 19.9 Å². The fourth-order valence-corrected chi connectivity index (χ4v) is 2.17. The van der Waals surface area contributed by atoms with E-state index in [1.807, 2.05) is 0 Å². The van der Waals surface area contributed by atoms with E-state index >= 15 is 0 Å². The minimum absolute atomic E-state index is 0.0933. The summed E-state index contributed by atoms with van der Waals surface area (Å²) >= 11 is 0. The van der Waals surface area contributed by atoms with Gasteiger partial charge in [0.05, 0.1) is 58.9 Å². The molecule has 0 saturated heterocycles. The van der Waals surface area contributed by atoms with E-state index in [1.54, 1.807) is 10.9 Å². The van der Waals surface area contributed by atoms with Crippen molar-refractivity contribution in [2.75, 3.05) is 46.2 Å². The topological polar surface area (TPSA) is 148 Å². The zero-order valence-corrected chi connectivity index (χ0v) is 15.3. The van der Waals surface area contributed by atoms with Gasteiger partial charge in [-0.1, -0.05) is 5.21 Å². The van der Waals surface area contributed by atoms with Gasteiger partial charge >= 0.3 is 6.09 Å². The van der Waals surface area contributed by atoms with Crippen LogP contribution >= 0.6 is 0 Å². The molecule has 12 nitrogen and oxygen atoms in total. The molecule has 1 aliphatic heterocycles. The Hall–Kier alpha value is -2.83. The first-order chi connectivity index (χ1) is 13.6. The summed E-state index contributed by atoms with van der Waals surface area (Å²) in [5.74, 6) is -0.709. The molecule has 3 amide bonds. The molecule has 12 heteroatoms. The molecule has 0 radical (unpaired) electrons. The first-order valence-electron chi connectivity index (χ1n) is 8.64. The SMILES string of the molecule is NC(=O)OCCOCCOCCOCCn1cc(CN2C(=O)C=CC2=O)nn1. The summed E-state index contributed by atoms with van der Waals surface area (Å²) in [6, 6.07) is 0. The molecule has 2 rings (SSSR count). The van der Waals surface area contributed by atoms with E-state index in [-0.39, 0.29) is 31.6 Å². The average Bonchev–Trinajstić information content (AvgIpc) is 3.24. The van der Waals surface area contributed by atoms with E-state index in [0.29, 0.717) is 45.3 Å². The van der Waals surface area contributed by atoms with Gasteiger partial charge in [0.1, 0.15) is 12.3 Å². The maximum Gasteiger partial charge on any atom is 0.404 e. The molecule has 2 N–H and O–H groups in total. The van der Waals surface area contributed by atoms with Crippen LogP contribution in [0.25, 0.3) is 0 Å². The maximum absolute atomic E-state index is 11.5. The summed E-state index contributed by atoms with van der Waals surface area (Å²) < 4.78 is 22.0. The van der Waals surface area contributed by atoms with Crippen molar-refractivity contribution >= 4 is 17.9 Å². The zero-order valence-electron chi connectivity index (χ0n) is 15.3. The fourth-order valence-electron chi connectivity index (χ4n) is 2.17. The molecule has 0 saturated carbocycles. The minimum atomic E-state index is -0.826. The van der Waals surface area contributed by atoms with Crippen LogP contribution in [-0.2, 0) is 41.6 Å². The van der Waals surface area contributed by atoms with Crippen LogP contribution in [0.1, 0.15) is 5.69 Å². The number of hydrogen-bond acceptors (Lipinski definition) is 9. The van der Waals surface area contributed by atoms with Gasteiger partial charge in [0.25, 0.3) is 11.8 Å². The van der Waals surface area contributed by atoms with Crippen LogP contribution in [0.4, 0.5) is 4.79 Å². The molecule has 0 aliphatic carbocycles. The number of hydrogen-bond donors (Lipinski definition) is 1. The summed E-state index contributed by atoms with van der Waals surface area (Å²) in [5.41, 5.74) is 5.32. The highest BCUT2D eigenvalue weighted by atomic mass is 16.6. The Kier molecular flexibility index (Phi) is 9.04. The van der Waals surface area contributed by atoms with Crippen molar-refractivity contribution in [3.63, 3.8) is 0 Å². The number of aromatic nitrogens is 3. The normalized spacial score (nSPS) is 13.5. The number of nitrogens with zero attached hydrogens (tertiary/aromatic N) is 4. The predicted octanol–water partition coefficient (Wildman–Crippen LogP) is -1.15. The first-order valence-corrected chi connectivity index (χ1v) is 8.64. The van der Waals surface area contributed by atoms with Gasteiger partial charge in [-0.3, -0.25) is 14.5 Å². The zero-order chi connectivity index (χ0) is 20.2. The van der Waals surface area contributed by atoms with Crippen molar-refractivity contribution in [3.05, 3.63) is 24.0 Å². The van der Waals surface area contributed by atoms with Gasteiger partial charge in [-0.05, 0) is 0 Å². The molecule has 1 aliphatic rings. The van der Waals surface area contributed by atoms with Gasteiger partial charge in [0.15, 0.2) is 0 Å². The third kappa shape index (κ3) is 7.82. The number of imide groups is 1. The van der Waals surface area contributed by atoms with Crippen molar-refractivity contribution in [1.82, 2.24) is 19.9 Å². The molecular formula is C16H23N5O7. The van der Waals surface area contributed by atoms with Gasteiger partial charge < -0.3 is 24.7 Å². The number of rotatable bonds is 14. The van der Waals surface area contributed by atoms with E-state index in [0.717, 1.165) is 4.90 Å². The molecule has 0 atom stereocenters. The molecule has 0 unspecified atom stereocenters. The third-order valence-electron chi connectivity index (χ3n) is 3.49. The summed E-state index contributed by atoms with van der Waals surface area (Å²) in [5, 5.41) is 7.87. The van der Waals surface area contributed by atoms with Crippen LogP contribution in [0.2, 0.25) is 0 Å². The maximum atomic E-state index is 11.5. The summed E-state index contributed by atoms with van der Waals surface area (Å²) in [4.78, 5) is 34.4. The van der Waals surface area contributed by atoms with Crippen LogP contribution in [0.5, 0.6) is 0 Å². The smallest absolute Gasteiger partial charge is 0.404 e. The molecule has 2 heterocycles. The van der Waals surface area contributed by atoms with Crippen molar-refractivity contribution in [3.8, 4) is 0 Å². The summed E-state index contributed by atoms with van der Waals surface area (Å²) in [6.45, 7) is 2.97. The molecule has 1 aromatic rings. The fraction of sp³-hybridized carbons (Fsp3) is 0.562. The average molecular weight is 397 g/mol. The van der Waals surface area contributed by atoms with Crippen molar-refractivity contribution in [1.29, 1.82) is 0 Å². The molecule has 28 heavy (non-hydrogen) atoms. The second-order valence-electron chi connectivity index (χ2n) is 5.57. The largest absolute Gasteiger partial charge is 0.447 e. The Morgan fingerprint density at radius 3 is 2.11 bits per heavy atom. The van der Waals surface area contributed by atoms with Crippen LogP contribution in [-0.4, -0.2) is 84.0 Å². The molecule has 0 spiro atoms. The van der Waals surface area contributed by atoms with Gasteiger partial charge in [0.2, 0.25) is 0 Å². The Balaban J connectivity index is 1.45. The lowest BCUT2D eigenvalue weighted by molar-refractivity contribution is -0.137. The lowest BCUT2D eigenvalue weighted by Gasteiger charge is -2.10. The monoisotopic (exact) mass is 397 g/mol. The first kappa shape index (κ1) is 21.5. The number of ether oxygens (including phenoxy) is 4. The van der Waals surface area contributed by atoms with Crippen LogP contribution in [0.3, 0.4) is 0 Å². The summed E-state index contributed by atoms with van der Waals surface area (Å²) in [7, 11) is 0. The lowest BCUT2D eigenvalue weighted by Crippen LogP contribution is -2.29. The Morgan fingerprint density at radius 2 is 1.50 bits per heavy atom. The standard InChI is InChI=1S/C16H23N5O7/c17-16(24)28-10-9-27-8-7-26-6-5-25-4-3-20-11-13(18-19-20)12-21-14(22)1-2-15(21)23/h1-2,11H,3-10,12H2,(H2,17,24). The number of nitrogens with two attached hydrogens (primary N) is 1. The molecule has 0 fully saturated rings. The third-order valence-corrected chi connectivity index (χ3v) is 3.49. The van der Waals surface area contributed by atoms with E-state index < -0.39 is 6.09 Å². The Labute approximate surface area is 161 Å². The van der Waals surface area contributed by atoms with Gasteiger partial charge in [0, 0.05) is 12.2 Å². The van der Waals surface area contributed by atoms with Crippen molar-refractivity contribution in [2.45, 2.75) is 13.1 Å². The highest BCUT2D eigenvalue weighted by Crippen LogP contribution is 2.08. The van der Waals surface area contributed by atoms with Gasteiger partial charge in [-0.15, -0.1) is 5.10 Å². The molecular weight excluding hydrogens is 374 g/mol. The second-order valence-corrected chi connectivity index (χ2v) is 5.57. The van der Waals surface area contributed by atoms with Crippen LogP contribution < -0.4 is 5.73 Å². The van der Waals surface area contributed by atoms with Crippen LogP contribution in [0.15, 0.2) is 18.3 Å². The number of amides is 3. The Bertz CT molecular complexity index is 673. The summed E-state index contributed by atoms with van der Waals surface area (Å²) in [6.07, 6.45) is 3.30. The number of carbonyl (C=O) groups is 3. The quantitative estimate of drug-likeness (QED) is 0.303. The van der Waals surface area contributed by atoms with Crippen molar-refractivity contribution < 1.29 is 33.3 Å². The molecule has 154 valence electrons. The second kappa shape index (κ2) is 11.8. The molecule has 1 aromatic heterocycles. The van der Waals surface area contributed by atoms with E-state index in [9.17, 15) is 14.4 Å². The lowest BCUT2D eigenvalue weighted by atomic mass is 10.4. The number of primary amides is 1. The highest BCUT2D eigenvalue weighted by Gasteiger charge is 2.24. The molecule has 0 aromatic carbocycles. The van der Waals surface area contributed by atoms with Gasteiger partial charge in [-0.2, -0.15) is 0 Å². The van der Waals surface area contributed by atoms with E-state index in [1.165, 1.54) is 12.2 Å². The molecule has 0 bridgehead atoms.